The minimum atomic E-state index is 0.0901. The van der Waals surface area contributed by atoms with Crippen LogP contribution in [0.4, 0.5) is 0 Å². The molecule has 4 rings (SSSR count). The van der Waals surface area contributed by atoms with Crippen molar-refractivity contribution < 1.29 is 4.79 Å². The molecule has 0 saturated carbocycles. The van der Waals surface area contributed by atoms with Crippen LogP contribution in [0.2, 0.25) is 0 Å². The summed E-state index contributed by atoms with van der Waals surface area (Å²) in [6.45, 7) is 0.814. The number of para-hydroxylation sites is 1. The zero-order valence-corrected chi connectivity index (χ0v) is 14.9. The van der Waals surface area contributed by atoms with Crippen LogP contribution in [-0.4, -0.2) is 22.3 Å². The number of fused-ring (bicyclic) bond motifs is 1. The Bertz CT molecular complexity index is 834. The molecule has 122 valence electrons. The molecule has 1 aliphatic heterocycles. The lowest BCUT2D eigenvalue weighted by molar-refractivity contribution is -0.129. The number of thiazole rings is 1. The highest BCUT2D eigenvalue weighted by Gasteiger charge is 2.29. The molecule has 0 N–H and O–H groups in total. The predicted octanol–water partition coefficient (Wildman–Crippen LogP) is 5.12. The summed E-state index contributed by atoms with van der Waals surface area (Å²) in [5.41, 5.74) is 1.03. The van der Waals surface area contributed by atoms with Crippen molar-refractivity contribution in [1.29, 1.82) is 0 Å². The van der Waals surface area contributed by atoms with E-state index in [1.807, 2.05) is 46.7 Å². The summed E-state index contributed by atoms with van der Waals surface area (Å²) in [5, 5.41) is 3.09. The summed E-state index contributed by atoms with van der Waals surface area (Å²) in [5.74, 6) is 0.0901. The molecule has 3 heterocycles. The molecule has 1 atom stereocenters. The van der Waals surface area contributed by atoms with Crippen LogP contribution in [0, 0.1) is 0 Å². The third kappa shape index (κ3) is 3.14. The van der Waals surface area contributed by atoms with Gasteiger partial charge in [-0.15, -0.1) is 22.7 Å². The van der Waals surface area contributed by atoms with Gasteiger partial charge in [0.15, 0.2) is 0 Å². The van der Waals surface area contributed by atoms with Crippen LogP contribution in [0.15, 0.2) is 47.9 Å². The number of amides is 1. The first-order chi connectivity index (χ1) is 11.8. The Labute approximate surface area is 149 Å². The molecule has 1 fully saturated rings. The second kappa shape index (κ2) is 6.87. The lowest BCUT2D eigenvalue weighted by atomic mass is 10.0. The maximum Gasteiger partial charge on any atom is 0.247 e. The van der Waals surface area contributed by atoms with E-state index in [1.165, 1.54) is 4.70 Å². The first kappa shape index (κ1) is 15.5. The normalized spacial score (nSPS) is 18.5. The SMILES string of the molecule is O=C(/C=C/c1cccs1)N1CCCC[C@H]1c1nc2ccccc2s1. The number of nitrogens with zero attached hydrogens (tertiary/aromatic N) is 2. The molecule has 1 saturated heterocycles. The first-order valence-electron chi connectivity index (χ1n) is 8.19. The van der Waals surface area contributed by atoms with Gasteiger partial charge in [-0.05, 0) is 48.9 Å². The Hall–Kier alpha value is -1.98. The van der Waals surface area contributed by atoms with Crippen molar-refractivity contribution in [3.63, 3.8) is 0 Å². The van der Waals surface area contributed by atoms with Crippen LogP contribution in [0.3, 0.4) is 0 Å². The number of carbonyl (C=O) groups excluding carboxylic acids is 1. The third-order valence-electron chi connectivity index (χ3n) is 4.31. The Morgan fingerprint density at radius 3 is 2.96 bits per heavy atom. The smallest absolute Gasteiger partial charge is 0.247 e. The quantitative estimate of drug-likeness (QED) is 0.611. The zero-order chi connectivity index (χ0) is 16.4. The topological polar surface area (TPSA) is 33.2 Å². The maximum atomic E-state index is 12.7. The summed E-state index contributed by atoms with van der Waals surface area (Å²) in [7, 11) is 0. The number of piperidine rings is 1. The molecule has 0 unspecified atom stereocenters. The molecule has 0 bridgehead atoms. The monoisotopic (exact) mass is 354 g/mol. The van der Waals surface area contributed by atoms with Gasteiger partial charge in [0.05, 0.1) is 16.3 Å². The fourth-order valence-electron chi connectivity index (χ4n) is 3.12. The lowest BCUT2D eigenvalue weighted by Gasteiger charge is -2.33. The molecule has 24 heavy (non-hydrogen) atoms. The van der Waals surface area contributed by atoms with Gasteiger partial charge >= 0.3 is 0 Å². The van der Waals surface area contributed by atoms with Gasteiger partial charge in [-0.25, -0.2) is 4.98 Å². The van der Waals surface area contributed by atoms with Gasteiger partial charge in [-0.3, -0.25) is 4.79 Å². The lowest BCUT2D eigenvalue weighted by Crippen LogP contribution is -2.37. The van der Waals surface area contributed by atoms with Gasteiger partial charge in [-0.1, -0.05) is 18.2 Å². The highest BCUT2D eigenvalue weighted by Crippen LogP contribution is 2.35. The van der Waals surface area contributed by atoms with Gasteiger partial charge in [-0.2, -0.15) is 0 Å². The molecular formula is C19H18N2OS2. The van der Waals surface area contributed by atoms with Crippen LogP contribution in [0.25, 0.3) is 16.3 Å². The number of rotatable bonds is 3. The maximum absolute atomic E-state index is 12.7. The minimum absolute atomic E-state index is 0.0901. The highest BCUT2D eigenvalue weighted by molar-refractivity contribution is 7.18. The van der Waals surface area contributed by atoms with Crippen LogP contribution < -0.4 is 0 Å². The van der Waals surface area contributed by atoms with E-state index in [0.717, 1.165) is 41.2 Å². The van der Waals surface area contributed by atoms with Crippen molar-refractivity contribution in [3.8, 4) is 0 Å². The molecule has 1 aliphatic rings. The molecule has 5 heteroatoms. The molecule has 0 spiro atoms. The van der Waals surface area contributed by atoms with E-state index in [9.17, 15) is 4.79 Å². The molecule has 1 aromatic carbocycles. The number of carbonyl (C=O) groups is 1. The molecule has 3 nitrogen and oxygen atoms in total. The second-order valence-corrected chi connectivity index (χ2v) is 7.95. The van der Waals surface area contributed by atoms with E-state index < -0.39 is 0 Å². The average Bonchev–Trinajstić information content (AvgIpc) is 3.29. The van der Waals surface area contributed by atoms with Crippen LogP contribution in [0.1, 0.15) is 35.2 Å². The van der Waals surface area contributed by atoms with E-state index in [-0.39, 0.29) is 11.9 Å². The minimum Gasteiger partial charge on any atom is -0.330 e. The van der Waals surface area contributed by atoms with Gasteiger partial charge in [0.25, 0.3) is 0 Å². The Morgan fingerprint density at radius 2 is 2.12 bits per heavy atom. The Balaban J connectivity index is 1.59. The fourth-order valence-corrected chi connectivity index (χ4v) is 4.85. The van der Waals surface area contributed by atoms with E-state index in [2.05, 4.69) is 6.07 Å². The van der Waals surface area contributed by atoms with Gasteiger partial charge in [0, 0.05) is 17.5 Å². The van der Waals surface area contributed by atoms with E-state index in [0.29, 0.717) is 0 Å². The summed E-state index contributed by atoms with van der Waals surface area (Å²) in [6, 6.07) is 12.3. The number of thiophene rings is 1. The molecular weight excluding hydrogens is 336 g/mol. The summed E-state index contributed by atoms with van der Waals surface area (Å²) < 4.78 is 1.19. The number of hydrogen-bond donors (Lipinski definition) is 0. The molecule has 2 aromatic heterocycles. The molecule has 0 aliphatic carbocycles. The largest absolute Gasteiger partial charge is 0.330 e. The summed E-state index contributed by atoms with van der Waals surface area (Å²) >= 11 is 3.36. The molecule has 1 amide bonds. The highest BCUT2D eigenvalue weighted by atomic mass is 32.1. The van der Waals surface area contributed by atoms with Crippen LogP contribution >= 0.6 is 22.7 Å². The van der Waals surface area contributed by atoms with Crippen molar-refractivity contribution in [2.75, 3.05) is 6.54 Å². The number of likely N-dealkylation sites (tertiary alicyclic amines) is 1. The van der Waals surface area contributed by atoms with Crippen LogP contribution in [0.5, 0.6) is 0 Å². The standard InChI is InChI=1S/C19H18N2OS2/c22-18(11-10-14-6-5-13-23-14)21-12-4-3-8-16(21)19-20-15-7-1-2-9-17(15)24-19/h1-2,5-7,9-11,13,16H,3-4,8,12H2/b11-10+/t16-/m0/s1. The van der Waals surface area contributed by atoms with Crippen LogP contribution in [-0.2, 0) is 4.79 Å². The molecule has 0 radical (unpaired) electrons. The zero-order valence-electron chi connectivity index (χ0n) is 13.2. The Morgan fingerprint density at radius 1 is 1.21 bits per heavy atom. The van der Waals surface area contributed by atoms with Gasteiger partial charge in [0.1, 0.15) is 5.01 Å². The van der Waals surface area contributed by atoms with E-state index >= 15 is 0 Å². The van der Waals surface area contributed by atoms with E-state index in [1.54, 1.807) is 28.7 Å². The predicted molar refractivity (Wildman–Crippen MR) is 101 cm³/mol. The second-order valence-electron chi connectivity index (χ2n) is 5.91. The Kier molecular flexibility index (Phi) is 4.45. The summed E-state index contributed by atoms with van der Waals surface area (Å²) in [6.07, 6.45) is 6.84. The van der Waals surface area contributed by atoms with E-state index in [4.69, 9.17) is 4.98 Å². The number of benzene rings is 1. The first-order valence-corrected chi connectivity index (χ1v) is 9.88. The summed E-state index contributed by atoms with van der Waals surface area (Å²) in [4.78, 5) is 20.6. The number of hydrogen-bond acceptors (Lipinski definition) is 4. The van der Waals surface area contributed by atoms with Crippen molar-refractivity contribution >= 4 is 44.9 Å². The van der Waals surface area contributed by atoms with Gasteiger partial charge < -0.3 is 4.90 Å². The average molecular weight is 354 g/mol. The van der Waals surface area contributed by atoms with Crippen molar-refractivity contribution in [2.24, 2.45) is 0 Å². The van der Waals surface area contributed by atoms with Crippen molar-refractivity contribution in [2.45, 2.75) is 25.3 Å². The fraction of sp³-hybridized carbons (Fsp3) is 0.263. The van der Waals surface area contributed by atoms with Gasteiger partial charge in [0.2, 0.25) is 5.91 Å². The third-order valence-corrected chi connectivity index (χ3v) is 6.29. The van der Waals surface area contributed by atoms with Crippen molar-refractivity contribution in [3.05, 3.63) is 57.7 Å². The van der Waals surface area contributed by atoms with Crippen molar-refractivity contribution in [1.82, 2.24) is 9.88 Å². The molecule has 3 aromatic rings. The number of aromatic nitrogens is 1.